The molecule has 5 nitrogen and oxygen atoms in total. The van der Waals surface area contributed by atoms with E-state index in [1.165, 1.54) is 36.7 Å². The lowest BCUT2D eigenvalue weighted by Gasteiger charge is -2.19. The number of carbonyl (C=O) groups excluding carboxylic acids is 1. The Balaban J connectivity index is 1.56. The van der Waals surface area contributed by atoms with Gasteiger partial charge in [-0.05, 0) is 56.9 Å². The van der Waals surface area contributed by atoms with Gasteiger partial charge in [-0.25, -0.2) is 4.79 Å². The third-order valence-corrected chi connectivity index (χ3v) is 5.44. The van der Waals surface area contributed by atoms with E-state index in [1.54, 1.807) is 6.92 Å². The van der Waals surface area contributed by atoms with E-state index < -0.39 is 0 Å². The van der Waals surface area contributed by atoms with Crippen molar-refractivity contribution < 1.29 is 4.79 Å². The van der Waals surface area contributed by atoms with Crippen LogP contribution in [0.1, 0.15) is 43.5 Å². The van der Waals surface area contributed by atoms with E-state index in [1.807, 2.05) is 13.0 Å². The van der Waals surface area contributed by atoms with Gasteiger partial charge in [0.05, 0.1) is 0 Å². The summed E-state index contributed by atoms with van der Waals surface area (Å²) in [6, 6.07) is 1.83. The lowest BCUT2D eigenvalue weighted by Crippen LogP contribution is -2.37. The molecule has 3 atom stereocenters. The second kappa shape index (κ2) is 6.23. The van der Waals surface area contributed by atoms with Crippen LogP contribution in [-0.2, 0) is 11.3 Å². The molecule has 1 aromatic heterocycles. The molecule has 0 saturated heterocycles. The Morgan fingerprint density at radius 1 is 1.32 bits per heavy atom. The second-order valence-electron chi connectivity index (χ2n) is 6.90. The fraction of sp³-hybridized carbons (Fsp3) is 0.706. The molecule has 3 rings (SSSR count). The molecule has 2 aliphatic carbocycles. The average Bonchev–Trinajstić information content (AvgIpc) is 3.04. The van der Waals surface area contributed by atoms with E-state index in [9.17, 15) is 9.59 Å². The fourth-order valence-corrected chi connectivity index (χ4v) is 4.35. The molecule has 120 valence electrons. The maximum Gasteiger partial charge on any atom is 0.348 e. The number of rotatable bonds is 4. The van der Waals surface area contributed by atoms with Gasteiger partial charge >= 0.3 is 5.69 Å². The van der Waals surface area contributed by atoms with Crippen molar-refractivity contribution in [1.82, 2.24) is 14.9 Å². The van der Waals surface area contributed by atoms with Crippen LogP contribution < -0.4 is 11.0 Å². The van der Waals surface area contributed by atoms with Crippen molar-refractivity contribution in [3.63, 3.8) is 0 Å². The summed E-state index contributed by atoms with van der Waals surface area (Å²) in [5.41, 5.74) is 1.13. The smallest absolute Gasteiger partial charge is 0.348 e. The van der Waals surface area contributed by atoms with Gasteiger partial charge in [-0.2, -0.15) is 4.98 Å². The normalized spacial score (nSPS) is 26.9. The Morgan fingerprint density at radius 2 is 2.14 bits per heavy atom. The zero-order valence-corrected chi connectivity index (χ0v) is 13.5. The van der Waals surface area contributed by atoms with Crippen molar-refractivity contribution in [1.29, 1.82) is 0 Å². The molecule has 0 bridgehead atoms. The summed E-state index contributed by atoms with van der Waals surface area (Å²) < 4.78 is 1.44. The first-order chi connectivity index (χ1) is 10.5. The van der Waals surface area contributed by atoms with Crippen LogP contribution in [0.3, 0.4) is 0 Å². The van der Waals surface area contributed by atoms with Gasteiger partial charge in [-0.1, -0.05) is 12.8 Å². The maximum atomic E-state index is 12.2. The van der Waals surface area contributed by atoms with Crippen LogP contribution in [0.15, 0.2) is 10.9 Å². The highest BCUT2D eigenvalue weighted by molar-refractivity contribution is 5.75. The van der Waals surface area contributed by atoms with Gasteiger partial charge in [-0.3, -0.25) is 9.36 Å². The van der Waals surface area contributed by atoms with Crippen LogP contribution in [0.25, 0.3) is 0 Å². The van der Waals surface area contributed by atoms with Crippen molar-refractivity contribution in [2.24, 2.45) is 17.8 Å². The zero-order valence-electron chi connectivity index (χ0n) is 13.5. The Hall–Kier alpha value is -1.65. The van der Waals surface area contributed by atoms with Gasteiger partial charge in [0.25, 0.3) is 0 Å². The van der Waals surface area contributed by atoms with E-state index in [4.69, 9.17) is 0 Å². The minimum atomic E-state index is -0.343. The van der Waals surface area contributed by atoms with Gasteiger partial charge in [0.1, 0.15) is 6.54 Å². The molecule has 1 heterocycles. The fourth-order valence-electron chi connectivity index (χ4n) is 4.35. The van der Waals surface area contributed by atoms with E-state index in [-0.39, 0.29) is 18.1 Å². The summed E-state index contributed by atoms with van der Waals surface area (Å²) in [7, 11) is 0. The second-order valence-corrected chi connectivity index (χ2v) is 6.90. The Bertz CT molecular complexity index is 623. The average molecular weight is 303 g/mol. The predicted molar refractivity (Wildman–Crippen MR) is 84.5 cm³/mol. The number of nitrogens with one attached hydrogen (secondary N) is 1. The van der Waals surface area contributed by atoms with E-state index in [2.05, 4.69) is 10.3 Å². The lowest BCUT2D eigenvalue weighted by atomic mass is 9.92. The highest BCUT2D eigenvalue weighted by Crippen LogP contribution is 2.47. The standard InChI is InChI=1S/C17H25N3O2/c1-11-8-12(2)20(17(22)19-11)10-16(21)18-9-14-7-6-13-4-3-5-15(13)14/h8,13-15H,3-7,9-10H2,1-2H3,(H,18,21)/t13-,14+,15-/m0/s1. The summed E-state index contributed by atoms with van der Waals surface area (Å²) in [4.78, 5) is 27.9. The molecule has 0 aliphatic heterocycles. The molecule has 1 amide bonds. The molecule has 0 spiro atoms. The van der Waals surface area contributed by atoms with Crippen molar-refractivity contribution in [2.75, 3.05) is 6.54 Å². The number of aromatic nitrogens is 2. The first-order valence-corrected chi connectivity index (χ1v) is 8.36. The highest BCUT2D eigenvalue weighted by atomic mass is 16.2. The summed E-state index contributed by atoms with van der Waals surface area (Å²) >= 11 is 0. The minimum Gasteiger partial charge on any atom is -0.354 e. The third-order valence-electron chi connectivity index (χ3n) is 5.44. The Labute approximate surface area is 131 Å². The number of aryl methyl sites for hydroxylation is 2. The summed E-state index contributed by atoms with van der Waals surface area (Å²) in [6.07, 6.45) is 6.61. The number of amides is 1. The minimum absolute atomic E-state index is 0.0682. The first kappa shape index (κ1) is 15.3. The van der Waals surface area contributed by atoms with Crippen LogP contribution in [0.5, 0.6) is 0 Å². The summed E-state index contributed by atoms with van der Waals surface area (Å²) in [5, 5.41) is 3.03. The molecular formula is C17H25N3O2. The largest absolute Gasteiger partial charge is 0.354 e. The van der Waals surface area contributed by atoms with E-state index >= 15 is 0 Å². The van der Waals surface area contributed by atoms with Crippen LogP contribution in [0.4, 0.5) is 0 Å². The predicted octanol–water partition coefficient (Wildman–Crippen LogP) is 1.80. The Morgan fingerprint density at radius 3 is 2.91 bits per heavy atom. The third kappa shape index (κ3) is 3.08. The number of carbonyl (C=O) groups is 1. The molecule has 5 heteroatoms. The van der Waals surface area contributed by atoms with Crippen LogP contribution in [0, 0.1) is 31.6 Å². The molecule has 2 fully saturated rings. The molecule has 0 aromatic carbocycles. The van der Waals surface area contributed by atoms with Gasteiger partial charge in [0.2, 0.25) is 5.91 Å². The Kier molecular flexibility index (Phi) is 4.32. The molecule has 0 unspecified atom stereocenters. The molecule has 1 aromatic rings. The molecule has 0 radical (unpaired) electrons. The van der Waals surface area contributed by atoms with Crippen LogP contribution in [-0.4, -0.2) is 22.0 Å². The highest BCUT2D eigenvalue weighted by Gasteiger charge is 2.38. The van der Waals surface area contributed by atoms with Gasteiger partial charge in [0.15, 0.2) is 0 Å². The summed E-state index contributed by atoms with van der Waals surface area (Å²) in [6.45, 7) is 4.45. The SMILES string of the molecule is Cc1cc(C)n(CC(=O)NC[C@H]2CC[C@@H]3CCC[C@@H]32)c(=O)n1. The van der Waals surface area contributed by atoms with Gasteiger partial charge < -0.3 is 5.32 Å². The van der Waals surface area contributed by atoms with Gasteiger partial charge in [0, 0.05) is 17.9 Å². The van der Waals surface area contributed by atoms with Crippen molar-refractivity contribution in [2.45, 2.75) is 52.5 Å². The number of hydrogen-bond donors (Lipinski definition) is 1. The van der Waals surface area contributed by atoms with Crippen LogP contribution >= 0.6 is 0 Å². The van der Waals surface area contributed by atoms with E-state index in [0.29, 0.717) is 11.6 Å². The van der Waals surface area contributed by atoms with Crippen molar-refractivity contribution >= 4 is 5.91 Å². The van der Waals surface area contributed by atoms with E-state index in [0.717, 1.165) is 24.1 Å². The number of hydrogen-bond acceptors (Lipinski definition) is 3. The van der Waals surface area contributed by atoms with Crippen molar-refractivity contribution in [3.05, 3.63) is 27.9 Å². The van der Waals surface area contributed by atoms with Crippen LogP contribution in [0.2, 0.25) is 0 Å². The lowest BCUT2D eigenvalue weighted by molar-refractivity contribution is -0.122. The maximum absolute atomic E-state index is 12.2. The number of fused-ring (bicyclic) bond motifs is 1. The molecule has 1 N–H and O–H groups in total. The van der Waals surface area contributed by atoms with Crippen molar-refractivity contribution in [3.8, 4) is 0 Å². The van der Waals surface area contributed by atoms with Gasteiger partial charge in [-0.15, -0.1) is 0 Å². The molecule has 2 aliphatic rings. The zero-order chi connectivity index (χ0) is 15.7. The number of nitrogens with zero attached hydrogens (tertiary/aromatic N) is 2. The molecular weight excluding hydrogens is 278 g/mol. The topological polar surface area (TPSA) is 64.0 Å². The first-order valence-electron chi connectivity index (χ1n) is 8.36. The monoisotopic (exact) mass is 303 g/mol. The molecule has 22 heavy (non-hydrogen) atoms. The molecule has 2 saturated carbocycles. The quantitative estimate of drug-likeness (QED) is 0.922. The summed E-state index contributed by atoms with van der Waals surface area (Å²) in [5.74, 6) is 2.25.